The first-order valence-electron chi connectivity index (χ1n) is 22.4. The first-order valence-corrected chi connectivity index (χ1v) is 22.4. The summed E-state index contributed by atoms with van der Waals surface area (Å²) >= 11 is 0. The molecule has 0 aromatic carbocycles. The van der Waals surface area contributed by atoms with Crippen LogP contribution in [0.25, 0.3) is 0 Å². The summed E-state index contributed by atoms with van der Waals surface area (Å²) in [5, 5.41) is 96.8. The molecule has 5 aliphatic heterocycles. The summed E-state index contributed by atoms with van der Waals surface area (Å²) in [6.07, 6.45) is -9.10. The van der Waals surface area contributed by atoms with Gasteiger partial charge in [-0.3, -0.25) is 0 Å². The Morgan fingerprint density at radius 1 is 0.767 bits per heavy atom. The third-order valence-electron chi connectivity index (χ3n) is 17.2. The van der Waals surface area contributed by atoms with Crippen LogP contribution in [0.4, 0.5) is 0 Å². The van der Waals surface area contributed by atoms with Gasteiger partial charge in [0.1, 0.15) is 66.6 Å². The lowest BCUT2D eigenvalue weighted by molar-refractivity contribution is -0.338. The molecule has 342 valence electrons. The van der Waals surface area contributed by atoms with Crippen molar-refractivity contribution in [3.8, 4) is 0 Å². The van der Waals surface area contributed by atoms with Gasteiger partial charge in [-0.2, -0.15) is 0 Å². The number of aliphatic hydroxyl groups excluding tert-OH is 8. The molecule has 9 aliphatic rings. The average Bonchev–Trinajstić information content (AvgIpc) is 3.72. The van der Waals surface area contributed by atoms with Crippen LogP contribution in [0, 0.1) is 40.4 Å². The summed E-state index contributed by atoms with van der Waals surface area (Å²) < 4.78 is 47.8. The number of fused-ring (bicyclic) bond motifs is 7. The second-order valence-corrected chi connectivity index (χ2v) is 20.3. The molecular formula is C43H68O17. The largest absolute Gasteiger partial charge is 0.394 e. The molecule has 0 bridgehead atoms. The van der Waals surface area contributed by atoms with Gasteiger partial charge in [0.05, 0.1) is 38.6 Å². The Labute approximate surface area is 350 Å². The van der Waals surface area contributed by atoms with Crippen molar-refractivity contribution in [3.05, 3.63) is 11.6 Å². The second-order valence-electron chi connectivity index (χ2n) is 20.3. The maximum atomic E-state index is 12.7. The molecule has 24 atom stereocenters. The summed E-state index contributed by atoms with van der Waals surface area (Å²) in [5.74, 6) is 0.853. The van der Waals surface area contributed by atoms with Gasteiger partial charge in [0.2, 0.25) is 0 Å². The fourth-order valence-corrected chi connectivity index (χ4v) is 13.4. The molecule has 0 aromatic heterocycles. The molecule has 4 aliphatic carbocycles. The summed E-state index contributed by atoms with van der Waals surface area (Å²) in [6, 6.07) is 0. The highest BCUT2D eigenvalue weighted by atomic mass is 16.8. The number of aliphatic hydroxyl groups is 9. The molecular weight excluding hydrogens is 788 g/mol. The minimum absolute atomic E-state index is 0.0541. The van der Waals surface area contributed by atoms with E-state index in [0.717, 1.165) is 44.9 Å². The second kappa shape index (κ2) is 16.2. The first-order chi connectivity index (χ1) is 28.5. The molecule has 9 N–H and O–H groups in total. The van der Waals surface area contributed by atoms with E-state index in [1.54, 1.807) is 0 Å². The Bertz CT molecular complexity index is 1570. The summed E-state index contributed by atoms with van der Waals surface area (Å²) in [7, 11) is 0. The van der Waals surface area contributed by atoms with E-state index in [9.17, 15) is 46.0 Å². The monoisotopic (exact) mass is 856 g/mol. The fourth-order valence-electron chi connectivity index (χ4n) is 13.4. The molecule has 0 radical (unpaired) electrons. The molecule has 0 aromatic rings. The zero-order chi connectivity index (χ0) is 42.7. The molecule has 1 spiro atoms. The highest BCUT2D eigenvalue weighted by Gasteiger charge is 2.76. The Morgan fingerprint density at radius 2 is 1.48 bits per heavy atom. The van der Waals surface area contributed by atoms with Crippen LogP contribution in [0.3, 0.4) is 0 Å². The lowest BCUT2D eigenvalue weighted by atomic mass is 9.46. The van der Waals surface area contributed by atoms with Crippen LogP contribution >= 0.6 is 0 Å². The van der Waals surface area contributed by atoms with Gasteiger partial charge in [0.25, 0.3) is 0 Å². The standard InChI is InChI=1S/C43H68O17/c1-19-7-12-42(55-16-19)20(2)43(52)29(60-42)14-25-23-6-5-21-13-22(8-10-40(21,3)24(23)9-11-41(25,43)4)56-38-35(51)32(48)36(27(15-44)57-38)59-39-34(50)31(47)28(58-39)18-54-37-33(49)30(46)26(45)17-53-37/h5,19-20,22-39,44-52H,6-18H2,1-4H3/t19-,20-,22+,23-,24+,25+,26-,27-,28+,29+,30+,31+,32-,33-,34-,35-,36-,37+,38-,39+,40+,41+,42-,43-/m1/s1. The van der Waals surface area contributed by atoms with Crippen LogP contribution in [0.1, 0.15) is 85.5 Å². The molecule has 5 saturated heterocycles. The number of rotatable bonds is 8. The normalized spacial score (nSPS) is 57.7. The predicted octanol–water partition coefficient (Wildman–Crippen LogP) is -0.420. The molecule has 5 heterocycles. The molecule has 17 nitrogen and oxygen atoms in total. The van der Waals surface area contributed by atoms with Crippen molar-refractivity contribution < 1.29 is 83.9 Å². The predicted molar refractivity (Wildman–Crippen MR) is 205 cm³/mol. The maximum absolute atomic E-state index is 12.7. The third kappa shape index (κ3) is 6.83. The van der Waals surface area contributed by atoms with Gasteiger partial charge in [-0.25, -0.2) is 0 Å². The number of hydrogen-bond acceptors (Lipinski definition) is 17. The molecule has 17 heteroatoms. The Hall–Kier alpha value is -0.940. The van der Waals surface area contributed by atoms with Crippen molar-refractivity contribution in [3.63, 3.8) is 0 Å². The maximum Gasteiger partial charge on any atom is 0.187 e. The van der Waals surface area contributed by atoms with E-state index in [-0.39, 0.29) is 35.6 Å². The fraction of sp³-hybridized carbons (Fsp3) is 0.953. The van der Waals surface area contributed by atoms with Crippen LogP contribution in [-0.4, -0.2) is 176 Å². The molecule has 3 saturated carbocycles. The van der Waals surface area contributed by atoms with Crippen molar-refractivity contribution in [2.24, 2.45) is 40.4 Å². The van der Waals surface area contributed by atoms with Crippen LogP contribution in [0.15, 0.2) is 11.6 Å². The van der Waals surface area contributed by atoms with Crippen molar-refractivity contribution in [1.29, 1.82) is 0 Å². The van der Waals surface area contributed by atoms with Crippen molar-refractivity contribution in [2.45, 2.75) is 189 Å². The third-order valence-corrected chi connectivity index (χ3v) is 17.2. The molecule has 0 unspecified atom stereocenters. The summed E-state index contributed by atoms with van der Waals surface area (Å²) in [4.78, 5) is 0. The lowest BCUT2D eigenvalue weighted by Gasteiger charge is -2.60. The van der Waals surface area contributed by atoms with E-state index in [0.29, 0.717) is 43.1 Å². The highest BCUT2D eigenvalue weighted by Crippen LogP contribution is 2.72. The van der Waals surface area contributed by atoms with E-state index in [1.807, 2.05) is 0 Å². The van der Waals surface area contributed by atoms with E-state index >= 15 is 0 Å². The van der Waals surface area contributed by atoms with Crippen LogP contribution in [0.5, 0.6) is 0 Å². The quantitative estimate of drug-likeness (QED) is 0.141. The van der Waals surface area contributed by atoms with Gasteiger partial charge in [-0.1, -0.05) is 39.3 Å². The number of allylic oxidation sites excluding steroid dienone is 1. The summed E-state index contributed by atoms with van der Waals surface area (Å²) in [5.41, 5.74) is 0.0432. The zero-order valence-electron chi connectivity index (χ0n) is 35.1. The van der Waals surface area contributed by atoms with Gasteiger partial charge < -0.3 is 83.9 Å². The SMILES string of the molecule is C[C@@H]1CC[C@@]2(OC1)O[C@H]1C[C@H]3[C@@H]4CC=C5C[C@@H](O[C@@H]6O[C@H](CO)[C@@H](O[C@@H]7O[C@@H](CO[C@@H]8OC[C@@H](O)[C@H](O)[C@H]8O)[C@H](O)[C@H]7O)[C@H](O)[C@H]6O)CC[C@]5(C)[C@H]4CC[C@]3(C)[C@@]1(O)[C@@H]2C. The Morgan fingerprint density at radius 3 is 2.22 bits per heavy atom. The van der Waals surface area contributed by atoms with E-state index < -0.39 is 105 Å². The van der Waals surface area contributed by atoms with E-state index in [4.69, 9.17) is 37.9 Å². The van der Waals surface area contributed by atoms with Crippen LogP contribution in [-0.2, 0) is 37.9 Å². The van der Waals surface area contributed by atoms with Gasteiger partial charge >= 0.3 is 0 Å². The molecule has 0 amide bonds. The van der Waals surface area contributed by atoms with Crippen molar-refractivity contribution >= 4 is 0 Å². The van der Waals surface area contributed by atoms with Gasteiger partial charge in [0, 0.05) is 17.8 Å². The Balaban J connectivity index is 0.810. The lowest BCUT2D eigenvalue weighted by Crippen LogP contribution is -2.62. The van der Waals surface area contributed by atoms with Gasteiger partial charge in [-0.05, 0) is 80.5 Å². The minimum atomic E-state index is -1.63. The topological polar surface area (TPSA) is 256 Å². The van der Waals surface area contributed by atoms with Crippen LogP contribution < -0.4 is 0 Å². The molecule has 60 heavy (non-hydrogen) atoms. The highest BCUT2D eigenvalue weighted by molar-refractivity contribution is 5.29. The smallest absolute Gasteiger partial charge is 0.187 e. The van der Waals surface area contributed by atoms with Gasteiger partial charge in [-0.15, -0.1) is 0 Å². The molecule has 9 rings (SSSR count). The summed E-state index contributed by atoms with van der Waals surface area (Å²) in [6.45, 7) is 8.38. The average molecular weight is 857 g/mol. The van der Waals surface area contributed by atoms with E-state index in [2.05, 4.69) is 33.8 Å². The first kappa shape index (κ1) is 44.3. The molecule has 8 fully saturated rings. The number of ether oxygens (including phenoxy) is 8. The van der Waals surface area contributed by atoms with Crippen LogP contribution in [0.2, 0.25) is 0 Å². The van der Waals surface area contributed by atoms with Crippen molar-refractivity contribution in [1.82, 2.24) is 0 Å². The number of hydrogen-bond donors (Lipinski definition) is 9. The van der Waals surface area contributed by atoms with Gasteiger partial charge in [0.15, 0.2) is 24.7 Å². The van der Waals surface area contributed by atoms with Crippen molar-refractivity contribution in [2.75, 3.05) is 26.4 Å². The minimum Gasteiger partial charge on any atom is -0.394 e. The zero-order valence-corrected chi connectivity index (χ0v) is 35.1. The Kier molecular flexibility index (Phi) is 11.9. The van der Waals surface area contributed by atoms with E-state index in [1.165, 1.54) is 5.57 Å².